The number of hydrogen-bond acceptors (Lipinski definition) is 4. The fourth-order valence-electron chi connectivity index (χ4n) is 2.57. The number of benzene rings is 3. The van der Waals surface area contributed by atoms with Gasteiger partial charge in [-0.2, -0.15) is 0 Å². The quantitative estimate of drug-likeness (QED) is 0.468. The largest absolute Gasteiger partial charge is 0.479 e. The molecule has 1 atom stereocenters. The van der Waals surface area contributed by atoms with Crippen LogP contribution in [-0.2, 0) is 9.53 Å². The maximum Gasteiger partial charge on any atom is 0.347 e. The molecule has 0 saturated heterocycles. The second-order valence-electron chi connectivity index (χ2n) is 5.77. The van der Waals surface area contributed by atoms with Crippen LogP contribution >= 0.6 is 11.6 Å². The standard InChI is InChI=1S/C21H17ClO4/c1-14(26-17-11-9-16(22)10-12-17)21(24)25-13-20(23)19-8-4-6-15-5-2-3-7-18(15)19/h2-12,14H,13H2,1H3. The van der Waals surface area contributed by atoms with Gasteiger partial charge < -0.3 is 9.47 Å². The van der Waals surface area contributed by atoms with Crippen LogP contribution in [0.1, 0.15) is 17.3 Å². The number of hydrogen-bond donors (Lipinski definition) is 0. The maximum absolute atomic E-state index is 12.4. The Labute approximate surface area is 156 Å². The zero-order valence-electron chi connectivity index (χ0n) is 14.1. The molecule has 0 aliphatic carbocycles. The molecular weight excluding hydrogens is 352 g/mol. The summed E-state index contributed by atoms with van der Waals surface area (Å²) in [7, 11) is 0. The lowest BCUT2D eigenvalue weighted by atomic mass is 10.0. The molecule has 0 heterocycles. The Morgan fingerprint density at radius 3 is 2.42 bits per heavy atom. The molecule has 0 spiro atoms. The minimum atomic E-state index is -0.837. The van der Waals surface area contributed by atoms with Crippen LogP contribution in [0.3, 0.4) is 0 Å². The van der Waals surface area contributed by atoms with Crippen molar-refractivity contribution in [1.29, 1.82) is 0 Å². The lowest BCUT2D eigenvalue weighted by Crippen LogP contribution is -2.28. The van der Waals surface area contributed by atoms with Crippen LogP contribution in [0.5, 0.6) is 5.75 Å². The molecule has 0 bridgehead atoms. The molecule has 0 N–H and O–H groups in total. The van der Waals surface area contributed by atoms with E-state index in [1.165, 1.54) is 0 Å². The Balaban J connectivity index is 1.61. The first-order valence-electron chi connectivity index (χ1n) is 8.14. The van der Waals surface area contributed by atoms with Gasteiger partial charge in [0.05, 0.1) is 0 Å². The van der Waals surface area contributed by atoms with E-state index >= 15 is 0 Å². The molecule has 1 unspecified atom stereocenters. The van der Waals surface area contributed by atoms with Crippen LogP contribution in [0.4, 0.5) is 0 Å². The van der Waals surface area contributed by atoms with Gasteiger partial charge >= 0.3 is 5.97 Å². The van der Waals surface area contributed by atoms with Gasteiger partial charge in [-0.25, -0.2) is 4.79 Å². The summed E-state index contributed by atoms with van der Waals surface area (Å²) in [6.45, 7) is 1.24. The number of fused-ring (bicyclic) bond motifs is 1. The molecule has 0 fully saturated rings. The van der Waals surface area contributed by atoms with E-state index in [-0.39, 0.29) is 12.4 Å². The van der Waals surface area contributed by atoms with Crippen LogP contribution in [0.15, 0.2) is 66.7 Å². The van der Waals surface area contributed by atoms with Gasteiger partial charge in [-0.05, 0) is 42.0 Å². The van der Waals surface area contributed by atoms with Crippen molar-refractivity contribution in [2.45, 2.75) is 13.0 Å². The van der Waals surface area contributed by atoms with Gasteiger partial charge in [-0.1, -0.05) is 54.1 Å². The van der Waals surface area contributed by atoms with Crippen molar-refractivity contribution in [2.24, 2.45) is 0 Å². The topological polar surface area (TPSA) is 52.6 Å². The van der Waals surface area contributed by atoms with Crippen LogP contribution in [-0.4, -0.2) is 24.5 Å². The van der Waals surface area contributed by atoms with Crippen molar-refractivity contribution in [2.75, 3.05) is 6.61 Å². The summed E-state index contributed by atoms with van der Waals surface area (Å²) in [4.78, 5) is 24.5. The number of ketones is 1. The number of carbonyl (C=O) groups excluding carboxylic acids is 2. The molecule has 3 aromatic rings. The SMILES string of the molecule is CC(Oc1ccc(Cl)cc1)C(=O)OCC(=O)c1cccc2ccccc12. The van der Waals surface area contributed by atoms with E-state index in [9.17, 15) is 9.59 Å². The second kappa shape index (κ2) is 8.02. The van der Waals surface area contributed by atoms with E-state index in [1.54, 1.807) is 37.3 Å². The third-order valence-corrected chi connectivity index (χ3v) is 4.15. The van der Waals surface area contributed by atoms with Crippen LogP contribution < -0.4 is 4.74 Å². The van der Waals surface area contributed by atoms with Gasteiger partial charge in [-0.3, -0.25) is 4.79 Å². The first kappa shape index (κ1) is 18.0. The van der Waals surface area contributed by atoms with E-state index in [0.29, 0.717) is 16.3 Å². The molecule has 3 aromatic carbocycles. The highest BCUT2D eigenvalue weighted by Gasteiger charge is 2.19. The molecule has 0 aliphatic heterocycles. The molecular formula is C21H17ClO4. The van der Waals surface area contributed by atoms with Crippen LogP contribution in [0, 0.1) is 0 Å². The molecule has 3 rings (SSSR count). The number of ether oxygens (including phenoxy) is 2. The van der Waals surface area contributed by atoms with Gasteiger partial charge in [0, 0.05) is 10.6 Å². The van der Waals surface area contributed by atoms with Crippen molar-refractivity contribution in [3.63, 3.8) is 0 Å². The molecule has 132 valence electrons. The van der Waals surface area contributed by atoms with Crippen molar-refractivity contribution < 1.29 is 19.1 Å². The smallest absolute Gasteiger partial charge is 0.347 e. The van der Waals surface area contributed by atoms with Gasteiger partial charge in [0.2, 0.25) is 5.78 Å². The van der Waals surface area contributed by atoms with E-state index in [1.807, 2.05) is 36.4 Å². The zero-order valence-corrected chi connectivity index (χ0v) is 14.9. The number of carbonyl (C=O) groups is 2. The van der Waals surface area contributed by atoms with Crippen molar-refractivity contribution >= 4 is 34.1 Å². The summed E-state index contributed by atoms with van der Waals surface area (Å²) >= 11 is 5.81. The fourth-order valence-corrected chi connectivity index (χ4v) is 2.69. The molecule has 0 aromatic heterocycles. The second-order valence-corrected chi connectivity index (χ2v) is 6.21. The number of rotatable bonds is 6. The highest BCUT2D eigenvalue weighted by atomic mass is 35.5. The normalized spacial score (nSPS) is 11.8. The highest BCUT2D eigenvalue weighted by molar-refractivity contribution is 6.30. The highest BCUT2D eigenvalue weighted by Crippen LogP contribution is 2.20. The molecule has 5 heteroatoms. The predicted octanol–water partition coefficient (Wildman–Crippen LogP) is 4.69. The van der Waals surface area contributed by atoms with E-state index in [4.69, 9.17) is 21.1 Å². The first-order valence-corrected chi connectivity index (χ1v) is 8.52. The first-order chi connectivity index (χ1) is 12.5. The lowest BCUT2D eigenvalue weighted by Gasteiger charge is -2.14. The van der Waals surface area contributed by atoms with Crippen LogP contribution in [0.2, 0.25) is 5.02 Å². The van der Waals surface area contributed by atoms with Gasteiger partial charge in [0.1, 0.15) is 5.75 Å². The van der Waals surface area contributed by atoms with Gasteiger partial charge in [0.25, 0.3) is 0 Å². The Bertz CT molecular complexity index is 929. The average Bonchev–Trinajstić information content (AvgIpc) is 2.67. The number of halogens is 1. The number of Topliss-reactive ketones (excluding diaryl/α,β-unsaturated/α-hetero) is 1. The Hall–Kier alpha value is -2.85. The van der Waals surface area contributed by atoms with Crippen molar-refractivity contribution in [3.8, 4) is 5.75 Å². The maximum atomic E-state index is 12.4. The van der Waals surface area contributed by atoms with E-state index in [0.717, 1.165) is 10.8 Å². The monoisotopic (exact) mass is 368 g/mol. The molecule has 0 amide bonds. The van der Waals surface area contributed by atoms with E-state index in [2.05, 4.69) is 0 Å². The predicted molar refractivity (Wildman–Crippen MR) is 101 cm³/mol. The lowest BCUT2D eigenvalue weighted by molar-refractivity contribution is -0.149. The summed E-state index contributed by atoms with van der Waals surface area (Å²) in [6, 6.07) is 19.7. The summed E-state index contributed by atoms with van der Waals surface area (Å²) in [5.41, 5.74) is 0.530. The third-order valence-electron chi connectivity index (χ3n) is 3.89. The molecule has 26 heavy (non-hydrogen) atoms. The third kappa shape index (κ3) is 4.21. The Morgan fingerprint density at radius 2 is 1.65 bits per heavy atom. The van der Waals surface area contributed by atoms with Gasteiger partial charge in [-0.15, -0.1) is 0 Å². The molecule has 0 aliphatic rings. The molecule has 4 nitrogen and oxygen atoms in total. The summed E-state index contributed by atoms with van der Waals surface area (Å²) in [5, 5.41) is 2.37. The average molecular weight is 369 g/mol. The van der Waals surface area contributed by atoms with E-state index < -0.39 is 12.1 Å². The van der Waals surface area contributed by atoms with Crippen LogP contribution in [0.25, 0.3) is 10.8 Å². The summed E-state index contributed by atoms with van der Waals surface area (Å²) < 4.78 is 10.6. The number of esters is 1. The minimum absolute atomic E-state index is 0.256. The Morgan fingerprint density at radius 1 is 0.962 bits per heavy atom. The summed E-state index contributed by atoms with van der Waals surface area (Å²) in [5.74, 6) is -0.360. The van der Waals surface area contributed by atoms with Crippen molar-refractivity contribution in [1.82, 2.24) is 0 Å². The Kier molecular flexibility index (Phi) is 5.54. The zero-order chi connectivity index (χ0) is 18.5. The molecule has 0 saturated carbocycles. The minimum Gasteiger partial charge on any atom is -0.479 e. The fraction of sp³-hybridized carbons (Fsp3) is 0.143. The molecule has 0 radical (unpaired) electrons. The summed E-state index contributed by atoms with van der Waals surface area (Å²) in [6.07, 6.45) is -0.837. The van der Waals surface area contributed by atoms with Gasteiger partial charge in [0.15, 0.2) is 12.7 Å². The van der Waals surface area contributed by atoms with Crippen molar-refractivity contribution in [3.05, 3.63) is 77.3 Å².